The van der Waals surface area contributed by atoms with Crippen molar-refractivity contribution < 1.29 is 8.42 Å². The molecule has 2 aromatic carbocycles. The summed E-state index contributed by atoms with van der Waals surface area (Å²) in [6, 6.07) is 10.3. The van der Waals surface area contributed by atoms with Crippen molar-refractivity contribution in [1.29, 1.82) is 0 Å². The van der Waals surface area contributed by atoms with Crippen molar-refractivity contribution in [3.63, 3.8) is 0 Å². The Hall–Kier alpha value is -2.65. The van der Waals surface area contributed by atoms with Gasteiger partial charge in [0.15, 0.2) is 0 Å². The van der Waals surface area contributed by atoms with Crippen LogP contribution in [0.3, 0.4) is 0 Å². The van der Waals surface area contributed by atoms with E-state index in [2.05, 4.69) is 26.3 Å². The van der Waals surface area contributed by atoms with Gasteiger partial charge in [-0.2, -0.15) is 0 Å². The summed E-state index contributed by atoms with van der Waals surface area (Å²) in [5.74, 6) is 0. The van der Waals surface area contributed by atoms with E-state index < -0.39 is 9.84 Å². The SMILES string of the molecule is C=CCc1cc(S(=O)(=O)c2ccccc2)c(CC=C)c(CC=C)c1CC=C. The minimum Gasteiger partial charge on any atom is -0.219 e. The average molecular weight is 379 g/mol. The van der Waals surface area contributed by atoms with Crippen LogP contribution in [0.4, 0.5) is 0 Å². The number of hydrogen-bond donors (Lipinski definition) is 0. The molecule has 0 saturated heterocycles. The van der Waals surface area contributed by atoms with Crippen LogP contribution < -0.4 is 0 Å². The predicted octanol–water partition coefficient (Wildman–Crippen LogP) is 5.43. The summed E-state index contributed by atoms with van der Waals surface area (Å²) in [6.45, 7) is 15.4. The largest absolute Gasteiger partial charge is 0.219 e. The van der Waals surface area contributed by atoms with Crippen molar-refractivity contribution in [2.24, 2.45) is 0 Å². The van der Waals surface area contributed by atoms with Crippen LogP contribution in [0.25, 0.3) is 0 Å². The van der Waals surface area contributed by atoms with Gasteiger partial charge in [0.1, 0.15) is 0 Å². The van der Waals surface area contributed by atoms with E-state index in [-0.39, 0.29) is 0 Å². The first-order chi connectivity index (χ1) is 13.0. The van der Waals surface area contributed by atoms with E-state index in [1.165, 1.54) is 0 Å². The van der Waals surface area contributed by atoms with E-state index in [0.29, 0.717) is 35.5 Å². The van der Waals surface area contributed by atoms with Crippen LogP contribution in [-0.4, -0.2) is 8.42 Å². The molecule has 3 heteroatoms. The zero-order chi connectivity index (χ0) is 19.9. The van der Waals surface area contributed by atoms with E-state index in [0.717, 1.165) is 22.3 Å². The quantitative estimate of drug-likeness (QED) is 0.516. The van der Waals surface area contributed by atoms with Crippen molar-refractivity contribution >= 4 is 9.84 Å². The minimum absolute atomic E-state index is 0.292. The molecule has 0 unspecified atom stereocenters. The van der Waals surface area contributed by atoms with Crippen LogP contribution in [0.5, 0.6) is 0 Å². The van der Waals surface area contributed by atoms with Gasteiger partial charge in [-0.3, -0.25) is 0 Å². The van der Waals surface area contributed by atoms with Gasteiger partial charge in [-0.25, -0.2) is 8.42 Å². The first-order valence-electron chi connectivity index (χ1n) is 8.91. The second-order valence-electron chi connectivity index (χ2n) is 6.26. The molecule has 0 bridgehead atoms. The molecule has 0 aliphatic rings. The Morgan fingerprint density at radius 3 is 1.78 bits per heavy atom. The van der Waals surface area contributed by atoms with Crippen molar-refractivity contribution in [3.8, 4) is 0 Å². The smallest absolute Gasteiger partial charge is 0.206 e. The summed E-state index contributed by atoms with van der Waals surface area (Å²) in [5, 5.41) is 0. The van der Waals surface area contributed by atoms with Crippen LogP contribution >= 0.6 is 0 Å². The number of hydrogen-bond acceptors (Lipinski definition) is 2. The van der Waals surface area contributed by atoms with Crippen molar-refractivity contribution in [3.05, 3.63) is 109 Å². The summed E-state index contributed by atoms with van der Waals surface area (Å²) in [6.07, 6.45) is 9.53. The van der Waals surface area contributed by atoms with Gasteiger partial charge in [0.25, 0.3) is 0 Å². The van der Waals surface area contributed by atoms with Crippen molar-refractivity contribution in [1.82, 2.24) is 0 Å². The Kier molecular flexibility index (Phi) is 7.14. The minimum atomic E-state index is -3.65. The molecule has 27 heavy (non-hydrogen) atoms. The van der Waals surface area contributed by atoms with Gasteiger partial charge in [-0.1, -0.05) is 42.5 Å². The van der Waals surface area contributed by atoms with E-state index in [9.17, 15) is 8.42 Å². The molecular weight excluding hydrogens is 352 g/mol. The number of sulfone groups is 1. The molecule has 0 amide bonds. The van der Waals surface area contributed by atoms with Gasteiger partial charge < -0.3 is 0 Å². The van der Waals surface area contributed by atoms with E-state index in [1.807, 2.05) is 18.2 Å². The third-order valence-electron chi connectivity index (χ3n) is 4.47. The summed E-state index contributed by atoms with van der Waals surface area (Å²) >= 11 is 0. The molecule has 0 aromatic heterocycles. The standard InChI is InChI=1S/C24H26O2S/c1-5-12-19-18-24(27(25,26)20-16-10-9-11-17-20)23(15-8-4)22(14-7-3)21(19)13-6-2/h5-11,16-18H,1-4,12-15H2. The monoisotopic (exact) mass is 378 g/mol. The summed E-state index contributed by atoms with van der Waals surface area (Å²) in [5.41, 5.74) is 3.86. The van der Waals surface area contributed by atoms with E-state index >= 15 is 0 Å². The van der Waals surface area contributed by atoms with Gasteiger partial charge in [-0.15, -0.1) is 26.3 Å². The van der Waals surface area contributed by atoms with Crippen LogP contribution in [0.1, 0.15) is 22.3 Å². The summed E-state index contributed by atoms with van der Waals surface area (Å²) < 4.78 is 26.8. The molecule has 140 valence electrons. The van der Waals surface area contributed by atoms with Gasteiger partial charge in [0, 0.05) is 0 Å². The molecule has 0 spiro atoms. The Morgan fingerprint density at radius 1 is 0.704 bits per heavy atom. The molecule has 0 fully saturated rings. The second-order valence-corrected chi connectivity index (χ2v) is 8.18. The van der Waals surface area contributed by atoms with Crippen molar-refractivity contribution in [2.75, 3.05) is 0 Å². The second kappa shape index (κ2) is 9.33. The molecule has 2 aromatic rings. The predicted molar refractivity (Wildman–Crippen MR) is 114 cm³/mol. The zero-order valence-corrected chi connectivity index (χ0v) is 16.5. The van der Waals surface area contributed by atoms with E-state index in [1.54, 1.807) is 42.5 Å². The molecule has 0 N–H and O–H groups in total. The van der Waals surface area contributed by atoms with Crippen LogP contribution in [-0.2, 0) is 35.5 Å². The normalized spacial score (nSPS) is 11.0. The Bertz CT molecular complexity index is 952. The van der Waals surface area contributed by atoms with Crippen molar-refractivity contribution in [2.45, 2.75) is 35.5 Å². The van der Waals surface area contributed by atoms with Gasteiger partial charge in [0.2, 0.25) is 9.84 Å². The highest BCUT2D eigenvalue weighted by atomic mass is 32.2. The molecule has 0 saturated carbocycles. The van der Waals surface area contributed by atoms with Crippen LogP contribution in [0.15, 0.2) is 96.8 Å². The van der Waals surface area contributed by atoms with Gasteiger partial charge in [-0.05, 0) is 66.1 Å². The fourth-order valence-corrected chi connectivity index (χ4v) is 4.92. The molecule has 0 radical (unpaired) electrons. The maximum absolute atomic E-state index is 13.4. The first-order valence-corrected chi connectivity index (χ1v) is 10.4. The average Bonchev–Trinajstić information content (AvgIpc) is 2.67. The molecule has 0 heterocycles. The van der Waals surface area contributed by atoms with Gasteiger partial charge in [0.05, 0.1) is 9.79 Å². The van der Waals surface area contributed by atoms with Gasteiger partial charge >= 0.3 is 0 Å². The Morgan fingerprint density at radius 2 is 1.22 bits per heavy atom. The topological polar surface area (TPSA) is 34.1 Å². The highest BCUT2D eigenvalue weighted by Crippen LogP contribution is 2.33. The van der Waals surface area contributed by atoms with E-state index in [4.69, 9.17) is 0 Å². The summed E-state index contributed by atoms with van der Waals surface area (Å²) in [7, 11) is -3.65. The molecule has 0 atom stereocenters. The van der Waals surface area contributed by atoms with Crippen LogP contribution in [0, 0.1) is 0 Å². The third kappa shape index (κ3) is 4.37. The lowest BCUT2D eigenvalue weighted by atomic mass is 9.89. The lowest BCUT2D eigenvalue weighted by molar-refractivity contribution is 0.594. The first kappa shape index (κ1) is 20.7. The highest BCUT2D eigenvalue weighted by molar-refractivity contribution is 7.91. The Labute approximate surface area is 163 Å². The summed E-state index contributed by atoms with van der Waals surface area (Å²) in [4.78, 5) is 0.635. The van der Waals surface area contributed by atoms with Crippen LogP contribution in [0.2, 0.25) is 0 Å². The fraction of sp³-hybridized carbons (Fsp3) is 0.167. The lowest BCUT2D eigenvalue weighted by Gasteiger charge is -2.21. The number of allylic oxidation sites excluding steroid dienone is 4. The fourth-order valence-electron chi connectivity index (χ4n) is 3.32. The molecule has 2 nitrogen and oxygen atoms in total. The maximum atomic E-state index is 13.4. The third-order valence-corrected chi connectivity index (χ3v) is 6.31. The number of rotatable bonds is 10. The maximum Gasteiger partial charge on any atom is 0.206 e. The molecule has 0 aliphatic carbocycles. The number of benzene rings is 2. The molecular formula is C24H26O2S. The molecule has 2 rings (SSSR count). The lowest BCUT2D eigenvalue weighted by Crippen LogP contribution is -2.12. The highest BCUT2D eigenvalue weighted by Gasteiger charge is 2.25. The Balaban J connectivity index is 2.90. The zero-order valence-electron chi connectivity index (χ0n) is 15.7. The molecule has 0 aliphatic heterocycles.